The minimum Gasteiger partial charge on any atom is -0.504 e. The van der Waals surface area contributed by atoms with Crippen LogP contribution in [0.4, 0.5) is 5.82 Å². The number of aromatic nitrogens is 4. The number of fused-ring (bicyclic) bond motifs is 1. The molecule has 340 valence electrons. The van der Waals surface area contributed by atoms with Crippen molar-refractivity contribution in [2.75, 3.05) is 37.8 Å². The molecule has 7 unspecified atom stereocenters. The lowest BCUT2D eigenvalue weighted by Crippen LogP contribution is -2.46. The minimum atomic E-state index is -5.60. The Morgan fingerprint density at radius 3 is 2.38 bits per heavy atom. The summed E-state index contributed by atoms with van der Waals surface area (Å²) in [4.78, 5) is 88.1. The summed E-state index contributed by atoms with van der Waals surface area (Å²) >= 11 is 0.868. The van der Waals surface area contributed by atoms with E-state index in [9.17, 15) is 68.1 Å². The number of phosphoric acid groups is 3. The molecule has 0 radical (unpaired) electrons. The molecule has 1 fully saturated rings. The summed E-state index contributed by atoms with van der Waals surface area (Å²) in [5.74, 6) is -2.09. The molecule has 3 heterocycles. The van der Waals surface area contributed by atoms with Gasteiger partial charge in [-0.3, -0.25) is 32.5 Å². The number of phosphoric ester groups is 3. The Morgan fingerprint density at radius 2 is 1.70 bits per heavy atom. The molecule has 2 amide bonds. The van der Waals surface area contributed by atoms with E-state index in [1.165, 1.54) is 32.0 Å². The number of nitrogens with one attached hydrogen (secondary N) is 2. The summed E-state index contributed by atoms with van der Waals surface area (Å²) in [6.07, 6.45) is -7.02. The fraction of sp³-hybridized carbons (Fsp3) is 0.533. The third-order valence-electron chi connectivity index (χ3n) is 8.54. The fourth-order valence-electron chi connectivity index (χ4n) is 5.42. The first-order valence-electron chi connectivity index (χ1n) is 17.6. The molecule has 1 aromatic carbocycles. The summed E-state index contributed by atoms with van der Waals surface area (Å²) in [5, 5.41) is 45.0. The summed E-state index contributed by atoms with van der Waals surface area (Å²) in [6.45, 7) is 0.190. The number of anilines is 1. The number of thioether (sulfide) groups is 1. The molecule has 0 spiro atoms. The van der Waals surface area contributed by atoms with E-state index in [4.69, 9.17) is 25.3 Å². The maximum absolute atomic E-state index is 12.7. The quantitative estimate of drug-likeness (QED) is 0.0314. The zero-order valence-corrected chi connectivity index (χ0v) is 35.6. The number of nitrogen functional groups attached to an aromatic ring is 1. The number of aliphatic hydroxyl groups excluding tert-OH is 2. The summed E-state index contributed by atoms with van der Waals surface area (Å²) in [7, 11) is -16.5. The Bertz CT molecular complexity index is 2200. The van der Waals surface area contributed by atoms with E-state index < -0.39 is 90.6 Å². The van der Waals surface area contributed by atoms with Crippen LogP contribution >= 0.6 is 35.2 Å². The van der Waals surface area contributed by atoms with Gasteiger partial charge in [-0.25, -0.2) is 28.6 Å². The van der Waals surface area contributed by atoms with Crippen molar-refractivity contribution < 1.29 is 90.7 Å². The van der Waals surface area contributed by atoms with Crippen LogP contribution in [0.25, 0.3) is 11.2 Å². The second kappa shape index (κ2) is 20.7. The van der Waals surface area contributed by atoms with Crippen molar-refractivity contribution in [3.05, 3.63) is 36.4 Å². The van der Waals surface area contributed by atoms with Gasteiger partial charge in [0.05, 0.1) is 25.6 Å². The molecule has 1 aliphatic rings. The molecule has 1 saturated heterocycles. The fourth-order valence-corrected chi connectivity index (χ4v) is 8.95. The van der Waals surface area contributed by atoms with Gasteiger partial charge in [0.15, 0.2) is 29.2 Å². The highest BCUT2D eigenvalue weighted by Gasteiger charge is 2.50. The number of hydrogen-bond donors (Lipinski definition) is 12. The Kier molecular flexibility index (Phi) is 16.9. The number of amides is 2. The Morgan fingerprint density at radius 1 is 1.02 bits per heavy atom. The maximum Gasteiger partial charge on any atom is 0.481 e. The van der Waals surface area contributed by atoms with Gasteiger partial charge in [0, 0.05) is 30.7 Å². The van der Waals surface area contributed by atoms with Gasteiger partial charge >= 0.3 is 23.5 Å². The van der Waals surface area contributed by atoms with Crippen molar-refractivity contribution >= 4 is 69.1 Å². The molecule has 31 heteroatoms. The van der Waals surface area contributed by atoms with Crippen molar-refractivity contribution in [2.24, 2.45) is 11.1 Å². The van der Waals surface area contributed by atoms with Crippen molar-refractivity contribution in [3.8, 4) is 11.5 Å². The summed E-state index contributed by atoms with van der Waals surface area (Å²) in [5.41, 5.74) is 10.6. The molecule has 3 aromatic rings. The van der Waals surface area contributed by atoms with Crippen LogP contribution in [-0.4, -0.2) is 139 Å². The number of hydrogen-bond acceptors (Lipinski definition) is 21. The number of carbonyl (C=O) groups is 3. The highest BCUT2D eigenvalue weighted by Crippen LogP contribution is 2.61. The lowest BCUT2D eigenvalue weighted by Gasteiger charge is -2.30. The molecular formula is C30H45N8O19P3S. The van der Waals surface area contributed by atoms with Crippen molar-refractivity contribution in [1.82, 2.24) is 30.2 Å². The van der Waals surface area contributed by atoms with E-state index in [-0.39, 0.29) is 65.3 Å². The van der Waals surface area contributed by atoms with E-state index in [0.29, 0.717) is 5.56 Å². The molecule has 61 heavy (non-hydrogen) atoms. The predicted octanol–water partition coefficient (Wildman–Crippen LogP) is -1.35. The topological polar surface area (TPSA) is 430 Å². The normalized spacial score (nSPS) is 21.3. The number of aromatic hydroxyl groups is 2. The number of benzene rings is 1. The number of ether oxygens (including phenoxy) is 1. The van der Waals surface area contributed by atoms with Crippen LogP contribution in [0, 0.1) is 5.41 Å². The monoisotopic (exact) mass is 946 g/mol. The van der Waals surface area contributed by atoms with Gasteiger partial charge in [0.25, 0.3) is 0 Å². The van der Waals surface area contributed by atoms with Crippen LogP contribution in [0.2, 0.25) is 0 Å². The highest BCUT2D eigenvalue weighted by atomic mass is 32.2. The maximum atomic E-state index is 12.7. The van der Waals surface area contributed by atoms with Crippen LogP contribution < -0.4 is 22.1 Å². The first-order chi connectivity index (χ1) is 28.3. The second-order valence-corrected chi connectivity index (χ2v) is 19.2. The second-order valence-electron chi connectivity index (χ2n) is 13.9. The lowest BCUT2D eigenvalue weighted by molar-refractivity contribution is -0.137. The molecule has 0 aliphatic carbocycles. The number of nitrogens with two attached hydrogens (primary N) is 2. The lowest BCUT2D eigenvalue weighted by atomic mass is 9.87. The Balaban J connectivity index is 1.19. The average molecular weight is 947 g/mol. The van der Waals surface area contributed by atoms with Gasteiger partial charge in [-0.05, 0) is 24.1 Å². The first-order valence-corrected chi connectivity index (χ1v) is 23.1. The van der Waals surface area contributed by atoms with Crippen LogP contribution in [0.15, 0.2) is 30.9 Å². The molecule has 1 aliphatic heterocycles. The van der Waals surface area contributed by atoms with Crippen molar-refractivity contribution in [1.29, 1.82) is 0 Å². The number of rotatable bonds is 22. The van der Waals surface area contributed by atoms with Gasteiger partial charge < -0.3 is 66.8 Å². The van der Waals surface area contributed by atoms with Crippen molar-refractivity contribution in [3.63, 3.8) is 0 Å². The zero-order valence-electron chi connectivity index (χ0n) is 32.1. The van der Waals surface area contributed by atoms with Crippen LogP contribution in [0.1, 0.15) is 32.1 Å². The summed E-state index contributed by atoms with van der Waals surface area (Å²) < 4.78 is 62.1. The van der Waals surface area contributed by atoms with E-state index in [1.54, 1.807) is 0 Å². The van der Waals surface area contributed by atoms with Gasteiger partial charge in [-0.1, -0.05) is 31.7 Å². The first kappa shape index (κ1) is 50.0. The van der Waals surface area contributed by atoms with Crippen LogP contribution in [0.3, 0.4) is 0 Å². The largest absolute Gasteiger partial charge is 0.504 e. The number of imidazole rings is 1. The standard InChI is InChI=1S/C30H45N8O19P3S/c1-30(2,24(43)27(44)34-6-5-20(41)33-7-8-61-29(45)16(31)9-15-3-4-17(39)18(40)10-15)12-54-60(51,52)57-59(49,50)53-11-19-23(56-58(46,47)48)22(42)28(55-19)38-14-37-21-25(32)35-13-36-26(21)38/h3-4,10,13-14,16,19,22-24,28,39-40,42-43H,5-9,11-12,31H2,1-2H3,(H,33,41)(H,34,44)(H,49,50)(H,51,52)(H2,32,35,36)(H2,46,47,48)/t16-,19?,22?,23?,24?,28?/m0/s1. The van der Waals surface area contributed by atoms with Crippen LogP contribution in [-0.2, 0) is 57.1 Å². The van der Waals surface area contributed by atoms with Gasteiger partial charge in [-0.15, -0.1) is 0 Å². The van der Waals surface area contributed by atoms with E-state index >= 15 is 0 Å². The smallest absolute Gasteiger partial charge is 0.481 e. The number of nitrogens with zero attached hydrogens (tertiary/aromatic N) is 4. The highest BCUT2D eigenvalue weighted by molar-refractivity contribution is 8.13. The third-order valence-corrected chi connectivity index (χ3v) is 12.6. The molecule has 14 N–H and O–H groups in total. The molecule has 27 nitrogen and oxygen atoms in total. The number of phenols is 2. The van der Waals surface area contributed by atoms with Crippen molar-refractivity contribution in [2.45, 2.75) is 63.4 Å². The van der Waals surface area contributed by atoms with E-state index in [2.05, 4.69) is 34.4 Å². The molecule has 4 rings (SSSR count). The number of carbonyl (C=O) groups excluding carboxylic acids is 3. The molecule has 0 saturated carbocycles. The average Bonchev–Trinajstić information content (AvgIpc) is 3.72. The molecule has 0 bridgehead atoms. The zero-order chi connectivity index (χ0) is 45.5. The molecule has 8 atom stereocenters. The van der Waals surface area contributed by atoms with E-state index in [0.717, 1.165) is 29.0 Å². The van der Waals surface area contributed by atoms with Crippen LogP contribution in [0.5, 0.6) is 11.5 Å². The number of phenolic OH excluding ortho intramolecular Hbond substituents is 2. The predicted molar refractivity (Wildman–Crippen MR) is 209 cm³/mol. The number of aliphatic hydroxyl groups is 2. The minimum absolute atomic E-state index is 0.0183. The van der Waals surface area contributed by atoms with Gasteiger partial charge in [0.2, 0.25) is 16.9 Å². The van der Waals surface area contributed by atoms with Gasteiger partial charge in [-0.2, -0.15) is 4.31 Å². The summed E-state index contributed by atoms with van der Waals surface area (Å²) in [6, 6.07) is 3.14. The van der Waals surface area contributed by atoms with Gasteiger partial charge in [0.1, 0.15) is 36.3 Å². The Labute approximate surface area is 349 Å². The van der Waals surface area contributed by atoms with E-state index in [1.807, 2.05) is 0 Å². The third kappa shape index (κ3) is 14.4. The molecule has 2 aromatic heterocycles. The Hall–Kier alpha value is -3.66. The molecular weight excluding hydrogens is 901 g/mol. The SMILES string of the molecule is CC(C)(COP(=O)(O)OP(=O)(O)OCC1OC(n2cnc3c(N)ncnc32)C(O)C1OP(=O)(O)O)C(O)C(=O)NCCC(=O)NCCSC(=O)[C@@H](N)Cc1ccc(O)c(O)c1.